The van der Waals surface area contributed by atoms with E-state index in [1.54, 1.807) is 0 Å². The summed E-state index contributed by atoms with van der Waals surface area (Å²) < 4.78 is 5.68. The highest BCUT2D eigenvalue weighted by Crippen LogP contribution is 2.29. The Kier molecular flexibility index (Phi) is 5.89. The lowest BCUT2D eigenvalue weighted by Gasteiger charge is -2.40. The fraction of sp³-hybridized carbons (Fsp3) is 0.409. The molecule has 2 rings (SSSR count). The lowest BCUT2D eigenvalue weighted by Crippen LogP contribution is -2.48. The van der Waals surface area contributed by atoms with E-state index in [1.165, 1.54) is 5.56 Å². The summed E-state index contributed by atoms with van der Waals surface area (Å²) in [5.41, 5.74) is 1.32. The van der Waals surface area contributed by atoms with Crippen molar-refractivity contribution < 1.29 is 9.53 Å². The van der Waals surface area contributed by atoms with Crippen molar-refractivity contribution >= 4 is 6.09 Å². The van der Waals surface area contributed by atoms with E-state index in [4.69, 9.17) is 4.74 Å². The van der Waals surface area contributed by atoms with Crippen LogP contribution in [0.15, 0.2) is 60.7 Å². The van der Waals surface area contributed by atoms with Gasteiger partial charge in [0.05, 0.1) is 5.54 Å². The van der Waals surface area contributed by atoms with Gasteiger partial charge in [0.2, 0.25) is 0 Å². The Bertz CT molecular complexity index is 672. The third kappa shape index (κ3) is 5.35. The van der Waals surface area contributed by atoms with Crippen LogP contribution in [0.25, 0.3) is 0 Å². The van der Waals surface area contributed by atoms with Crippen molar-refractivity contribution in [3.8, 4) is 0 Å². The zero-order valence-electron chi connectivity index (χ0n) is 16.0. The second kappa shape index (κ2) is 7.73. The van der Waals surface area contributed by atoms with Crippen LogP contribution in [0.2, 0.25) is 0 Å². The van der Waals surface area contributed by atoms with Gasteiger partial charge in [-0.05, 0) is 52.2 Å². The maximum Gasteiger partial charge on any atom is 0.411 e. The number of hydrogen-bond acceptors (Lipinski definition) is 2. The average Bonchev–Trinajstić information content (AvgIpc) is 2.55. The standard InChI is InChI=1S/C22H29NO2/c1-21(2,3)25-20(24)23(17-16-18-12-8-6-9-13-18)22(4,5)19-14-10-7-11-15-19/h6-15H,16-17H2,1-5H3. The molecule has 0 fully saturated rings. The molecule has 0 aliphatic heterocycles. The molecule has 3 nitrogen and oxygen atoms in total. The Morgan fingerprint density at radius 1 is 0.880 bits per heavy atom. The molecule has 0 saturated heterocycles. The zero-order chi connectivity index (χ0) is 18.5. The van der Waals surface area contributed by atoms with Gasteiger partial charge < -0.3 is 4.74 Å². The number of nitrogens with zero attached hydrogens (tertiary/aromatic N) is 1. The molecule has 0 saturated carbocycles. The number of carbonyl (C=O) groups is 1. The summed E-state index contributed by atoms with van der Waals surface area (Å²) >= 11 is 0. The van der Waals surface area contributed by atoms with Crippen LogP contribution in [0, 0.1) is 0 Å². The van der Waals surface area contributed by atoms with Gasteiger partial charge in [-0.2, -0.15) is 0 Å². The summed E-state index contributed by atoms with van der Waals surface area (Å²) in [4.78, 5) is 14.7. The Hall–Kier alpha value is -2.29. The van der Waals surface area contributed by atoms with E-state index in [2.05, 4.69) is 38.1 Å². The second-order valence-electron chi connectivity index (χ2n) is 7.79. The van der Waals surface area contributed by atoms with E-state index in [9.17, 15) is 4.79 Å². The SMILES string of the molecule is CC(C)(C)OC(=O)N(CCc1ccccc1)C(C)(C)c1ccccc1. The number of hydrogen-bond donors (Lipinski definition) is 0. The molecule has 0 heterocycles. The highest BCUT2D eigenvalue weighted by molar-refractivity contribution is 5.69. The Balaban J connectivity index is 2.26. The number of ether oxygens (including phenoxy) is 1. The van der Waals surface area contributed by atoms with Crippen LogP contribution in [0.1, 0.15) is 45.7 Å². The number of amides is 1. The van der Waals surface area contributed by atoms with E-state index in [1.807, 2.05) is 62.1 Å². The summed E-state index contributed by atoms with van der Waals surface area (Å²) in [5.74, 6) is 0. The lowest BCUT2D eigenvalue weighted by atomic mass is 9.92. The first-order valence-corrected chi connectivity index (χ1v) is 8.80. The molecule has 2 aromatic carbocycles. The van der Waals surface area contributed by atoms with Crippen LogP contribution in [-0.2, 0) is 16.7 Å². The number of carbonyl (C=O) groups excluding carboxylic acids is 1. The number of benzene rings is 2. The van der Waals surface area contributed by atoms with E-state index in [0.29, 0.717) is 6.54 Å². The zero-order valence-corrected chi connectivity index (χ0v) is 16.0. The highest BCUT2D eigenvalue weighted by atomic mass is 16.6. The largest absolute Gasteiger partial charge is 0.444 e. The van der Waals surface area contributed by atoms with Crippen LogP contribution >= 0.6 is 0 Å². The fourth-order valence-electron chi connectivity index (χ4n) is 2.80. The molecule has 0 aromatic heterocycles. The van der Waals surface area contributed by atoms with Gasteiger partial charge in [0, 0.05) is 6.54 Å². The molecular formula is C22H29NO2. The van der Waals surface area contributed by atoms with Gasteiger partial charge in [-0.3, -0.25) is 4.90 Å². The lowest BCUT2D eigenvalue weighted by molar-refractivity contribution is 0.00250. The van der Waals surface area contributed by atoms with Crippen molar-refractivity contribution in [1.29, 1.82) is 0 Å². The van der Waals surface area contributed by atoms with Gasteiger partial charge in [0.25, 0.3) is 0 Å². The van der Waals surface area contributed by atoms with Crippen LogP contribution in [0.5, 0.6) is 0 Å². The minimum Gasteiger partial charge on any atom is -0.444 e. The summed E-state index contributed by atoms with van der Waals surface area (Å²) in [5, 5.41) is 0. The minimum atomic E-state index is -0.519. The van der Waals surface area contributed by atoms with Crippen molar-refractivity contribution in [2.24, 2.45) is 0 Å². The van der Waals surface area contributed by atoms with Crippen LogP contribution in [-0.4, -0.2) is 23.1 Å². The maximum absolute atomic E-state index is 12.9. The van der Waals surface area contributed by atoms with Crippen LogP contribution in [0.4, 0.5) is 4.79 Å². The predicted molar refractivity (Wildman–Crippen MR) is 103 cm³/mol. The van der Waals surface area contributed by atoms with Gasteiger partial charge in [-0.1, -0.05) is 60.7 Å². The molecule has 0 radical (unpaired) electrons. The molecule has 25 heavy (non-hydrogen) atoms. The molecule has 1 amide bonds. The fourth-order valence-corrected chi connectivity index (χ4v) is 2.80. The van der Waals surface area contributed by atoms with Gasteiger partial charge in [0.15, 0.2) is 0 Å². The van der Waals surface area contributed by atoms with E-state index in [-0.39, 0.29) is 6.09 Å². The van der Waals surface area contributed by atoms with Crippen molar-refractivity contribution in [2.45, 2.75) is 52.2 Å². The smallest absolute Gasteiger partial charge is 0.411 e. The van der Waals surface area contributed by atoms with Crippen LogP contribution < -0.4 is 0 Å². The first-order valence-electron chi connectivity index (χ1n) is 8.80. The molecule has 2 aromatic rings. The summed E-state index contributed by atoms with van der Waals surface area (Å²) in [6.45, 7) is 10.4. The van der Waals surface area contributed by atoms with Crippen molar-refractivity contribution in [2.75, 3.05) is 6.54 Å². The third-order valence-corrected chi connectivity index (χ3v) is 4.24. The Labute approximate surface area is 151 Å². The quantitative estimate of drug-likeness (QED) is 0.730. The molecule has 0 spiro atoms. The van der Waals surface area contributed by atoms with E-state index >= 15 is 0 Å². The molecule has 0 bridgehead atoms. The first kappa shape index (κ1) is 19.0. The molecule has 3 heteroatoms. The summed E-state index contributed by atoms with van der Waals surface area (Å²) in [6.07, 6.45) is 0.508. The number of rotatable bonds is 5. The van der Waals surface area contributed by atoms with Crippen molar-refractivity contribution in [3.05, 3.63) is 71.8 Å². The summed E-state index contributed by atoms with van der Waals surface area (Å²) in [6, 6.07) is 20.3. The van der Waals surface area contributed by atoms with E-state index in [0.717, 1.165) is 12.0 Å². The van der Waals surface area contributed by atoms with Gasteiger partial charge in [0.1, 0.15) is 5.60 Å². The van der Waals surface area contributed by atoms with Gasteiger partial charge >= 0.3 is 6.09 Å². The normalized spacial score (nSPS) is 11.9. The van der Waals surface area contributed by atoms with Gasteiger partial charge in [-0.25, -0.2) is 4.79 Å². The maximum atomic E-state index is 12.9. The van der Waals surface area contributed by atoms with Gasteiger partial charge in [-0.15, -0.1) is 0 Å². The van der Waals surface area contributed by atoms with Crippen molar-refractivity contribution in [1.82, 2.24) is 4.90 Å². The molecular weight excluding hydrogens is 310 g/mol. The first-order chi connectivity index (χ1) is 11.7. The predicted octanol–water partition coefficient (Wildman–Crippen LogP) is 5.40. The van der Waals surface area contributed by atoms with E-state index < -0.39 is 11.1 Å². The molecule has 0 atom stereocenters. The average molecular weight is 339 g/mol. The third-order valence-electron chi connectivity index (χ3n) is 4.24. The highest BCUT2D eigenvalue weighted by Gasteiger charge is 2.35. The minimum absolute atomic E-state index is 0.280. The van der Waals surface area contributed by atoms with Crippen LogP contribution in [0.3, 0.4) is 0 Å². The summed E-state index contributed by atoms with van der Waals surface area (Å²) in [7, 11) is 0. The monoisotopic (exact) mass is 339 g/mol. The Morgan fingerprint density at radius 3 is 1.92 bits per heavy atom. The molecule has 0 N–H and O–H groups in total. The molecule has 0 aliphatic carbocycles. The van der Waals surface area contributed by atoms with Crippen molar-refractivity contribution in [3.63, 3.8) is 0 Å². The molecule has 0 unspecified atom stereocenters. The molecule has 134 valence electrons. The topological polar surface area (TPSA) is 29.5 Å². The molecule has 0 aliphatic rings. The Morgan fingerprint density at radius 2 is 1.40 bits per heavy atom. The second-order valence-corrected chi connectivity index (χ2v) is 7.79.